The van der Waals surface area contributed by atoms with Gasteiger partial charge in [-0.05, 0) is 88.9 Å². The third-order valence-electron chi connectivity index (χ3n) is 6.17. The molecule has 6 nitrogen and oxygen atoms in total. The number of benzene rings is 4. The average Bonchev–Trinajstić information content (AvgIpc) is 2.96. The molecule has 0 N–H and O–H groups in total. The smallest absolute Gasteiger partial charge is 0.270 e. The van der Waals surface area contributed by atoms with E-state index in [9.17, 15) is 14.0 Å². The highest BCUT2D eigenvalue weighted by Crippen LogP contribution is 2.36. The van der Waals surface area contributed by atoms with Crippen molar-refractivity contribution in [3.8, 4) is 11.5 Å². The molecule has 1 saturated heterocycles. The fourth-order valence-corrected chi connectivity index (χ4v) is 5.39. The van der Waals surface area contributed by atoms with E-state index in [0.717, 1.165) is 0 Å². The van der Waals surface area contributed by atoms with Crippen molar-refractivity contribution in [3.05, 3.63) is 123 Å². The SMILES string of the molecule is COc1cc(C=C2C(=O)N(c3ccccc3)C(=S)N(c3ccccc3)C2=O)cc(I)c1OCc1ccccc1F. The van der Waals surface area contributed by atoms with E-state index in [2.05, 4.69) is 22.6 Å². The number of carbonyl (C=O) groups excluding carboxylic acids is 2. The molecule has 5 rings (SSSR count). The molecule has 1 aliphatic rings. The van der Waals surface area contributed by atoms with Gasteiger partial charge in [0.25, 0.3) is 11.8 Å². The van der Waals surface area contributed by atoms with Crippen LogP contribution in [0.2, 0.25) is 0 Å². The first-order chi connectivity index (χ1) is 19.4. The van der Waals surface area contributed by atoms with E-state index in [-0.39, 0.29) is 23.1 Å². The Bertz CT molecular complexity index is 1570. The van der Waals surface area contributed by atoms with Gasteiger partial charge in [0.2, 0.25) is 0 Å². The number of para-hydroxylation sites is 2. The Morgan fingerprint density at radius 1 is 0.850 bits per heavy atom. The number of hydrogen-bond donors (Lipinski definition) is 0. The van der Waals surface area contributed by atoms with Gasteiger partial charge in [0.05, 0.1) is 22.1 Å². The highest BCUT2D eigenvalue weighted by molar-refractivity contribution is 14.1. The van der Waals surface area contributed by atoms with Crippen LogP contribution in [0, 0.1) is 9.39 Å². The van der Waals surface area contributed by atoms with Gasteiger partial charge < -0.3 is 9.47 Å². The number of hydrogen-bond acceptors (Lipinski definition) is 5. The van der Waals surface area contributed by atoms with E-state index in [4.69, 9.17) is 21.7 Å². The minimum Gasteiger partial charge on any atom is -0.493 e. The molecular weight excluding hydrogens is 642 g/mol. The van der Waals surface area contributed by atoms with Gasteiger partial charge in [-0.2, -0.15) is 0 Å². The van der Waals surface area contributed by atoms with Crippen LogP contribution < -0.4 is 19.3 Å². The predicted molar refractivity (Wildman–Crippen MR) is 165 cm³/mol. The van der Waals surface area contributed by atoms with E-state index in [1.54, 1.807) is 78.9 Å². The normalized spacial score (nSPS) is 13.5. The molecule has 1 heterocycles. The lowest BCUT2D eigenvalue weighted by Crippen LogP contribution is -2.56. The molecule has 0 unspecified atom stereocenters. The fourth-order valence-electron chi connectivity index (χ4n) is 4.23. The van der Waals surface area contributed by atoms with Crippen LogP contribution in [0.25, 0.3) is 6.08 Å². The van der Waals surface area contributed by atoms with Crippen LogP contribution in [-0.4, -0.2) is 24.0 Å². The largest absolute Gasteiger partial charge is 0.493 e. The first-order valence-corrected chi connectivity index (χ1v) is 13.7. The molecular formula is C31H22FIN2O4S. The number of rotatable bonds is 7. The Kier molecular flexibility index (Phi) is 8.22. The van der Waals surface area contributed by atoms with E-state index < -0.39 is 11.8 Å². The minimum absolute atomic E-state index is 0.00591. The van der Waals surface area contributed by atoms with Crippen molar-refractivity contribution in [2.75, 3.05) is 16.9 Å². The number of carbonyl (C=O) groups is 2. The van der Waals surface area contributed by atoms with Crippen molar-refractivity contribution in [1.82, 2.24) is 0 Å². The summed E-state index contributed by atoms with van der Waals surface area (Å²) in [5.74, 6) is -0.644. The number of methoxy groups -OCH3 is 1. The molecule has 0 saturated carbocycles. The van der Waals surface area contributed by atoms with Crippen LogP contribution in [0.15, 0.2) is 103 Å². The summed E-state index contributed by atoms with van der Waals surface area (Å²) in [4.78, 5) is 30.2. The highest BCUT2D eigenvalue weighted by Gasteiger charge is 2.41. The molecule has 0 bridgehead atoms. The summed E-state index contributed by atoms with van der Waals surface area (Å²) in [6.07, 6.45) is 1.52. The number of anilines is 2. The molecule has 1 fully saturated rings. The van der Waals surface area contributed by atoms with Crippen LogP contribution in [0.1, 0.15) is 11.1 Å². The zero-order valence-corrected chi connectivity index (χ0v) is 24.2. The standard InChI is InChI=1S/C31H22FIN2O4S/c1-38-27-18-20(17-26(33)28(27)39-19-21-10-8-9-15-25(21)32)16-24-29(36)34(22-11-4-2-5-12-22)31(40)35(30(24)37)23-13-6-3-7-14-23/h2-18H,19H2,1H3. The molecule has 0 atom stereocenters. The number of amides is 2. The molecule has 200 valence electrons. The summed E-state index contributed by atoms with van der Waals surface area (Å²) in [6.45, 7) is 0.00591. The summed E-state index contributed by atoms with van der Waals surface area (Å²) >= 11 is 7.74. The number of thiocarbonyl (C=S) groups is 1. The second-order valence-corrected chi connectivity index (χ2v) is 10.2. The molecule has 4 aromatic carbocycles. The number of ether oxygens (including phenoxy) is 2. The van der Waals surface area contributed by atoms with Gasteiger partial charge >= 0.3 is 0 Å². The van der Waals surface area contributed by atoms with Gasteiger partial charge in [0.1, 0.15) is 18.0 Å². The van der Waals surface area contributed by atoms with Gasteiger partial charge in [0, 0.05) is 5.56 Å². The maximum absolute atomic E-state index is 14.1. The van der Waals surface area contributed by atoms with Crippen molar-refractivity contribution in [3.63, 3.8) is 0 Å². The lowest BCUT2D eigenvalue weighted by Gasteiger charge is -2.36. The molecule has 9 heteroatoms. The predicted octanol–water partition coefficient (Wildman–Crippen LogP) is 6.77. The van der Waals surface area contributed by atoms with Crippen LogP contribution in [0.4, 0.5) is 15.8 Å². The van der Waals surface area contributed by atoms with E-state index in [1.807, 2.05) is 12.1 Å². The summed E-state index contributed by atoms with van der Waals surface area (Å²) in [7, 11) is 1.49. The van der Waals surface area contributed by atoms with Crippen molar-refractivity contribution in [1.29, 1.82) is 0 Å². The van der Waals surface area contributed by atoms with Gasteiger partial charge in [-0.1, -0.05) is 54.6 Å². The summed E-state index contributed by atoms with van der Waals surface area (Å²) in [5.41, 5.74) is 1.97. The highest BCUT2D eigenvalue weighted by atomic mass is 127. The van der Waals surface area contributed by atoms with Gasteiger partial charge in [0.15, 0.2) is 16.6 Å². The lowest BCUT2D eigenvalue weighted by atomic mass is 10.0. The molecule has 0 spiro atoms. The van der Waals surface area contributed by atoms with Crippen molar-refractivity contribution in [2.24, 2.45) is 0 Å². The maximum atomic E-state index is 14.1. The summed E-state index contributed by atoms with van der Waals surface area (Å²) < 4.78 is 26.2. The quantitative estimate of drug-likeness (QED) is 0.0946. The van der Waals surface area contributed by atoms with Crippen LogP contribution >= 0.6 is 34.8 Å². The Morgan fingerprint density at radius 3 is 1.95 bits per heavy atom. The molecule has 2 amide bonds. The Hall–Kier alpha value is -4.09. The maximum Gasteiger partial charge on any atom is 0.270 e. The third kappa shape index (κ3) is 5.47. The van der Waals surface area contributed by atoms with Crippen molar-refractivity contribution < 1.29 is 23.5 Å². The first kappa shape index (κ1) is 27.5. The zero-order chi connectivity index (χ0) is 28.2. The average molecular weight is 664 g/mol. The monoisotopic (exact) mass is 664 g/mol. The second kappa shape index (κ2) is 12.0. The molecule has 1 aliphatic heterocycles. The fraction of sp³-hybridized carbons (Fsp3) is 0.0645. The van der Waals surface area contributed by atoms with Crippen LogP contribution in [0.3, 0.4) is 0 Å². The van der Waals surface area contributed by atoms with Crippen molar-refractivity contribution >= 4 is 69.2 Å². The van der Waals surface area contributed by atoms with E-state index in [1.165, 1.54) is 29.1 Å². The Labute approximate surface area is 249 Å². The summed E-state index contributed by atoms with van der Waals surface area (Å²) in [6, 6.07) is 27.7. The molecule has 0 aromatic heterocycles. The molecule has 0 aliphatic carbocycles. The van der Waals surface area contributed by atoms with Gasteiger partial charge in [-0.15, -0.1) is 0 Å². The molecule has 40 heavy (non-hydrogen) atoms. The second-order valence-electron chi connectivity index (χ2n) is 8.71. The third-order valence-corrected chi connectivity index (χ3v) is 7.34. The molecule has 0 radical (unpaired) electrons. The first-order valence-electron chi connectivity index (χ1n) is 12.2. The van der Waals surface area contributed by atoms with Crippen LogP contribution in [0.5, 0.6) is 11.5 Å². The Balaban J connectivity index is 1.55. The Morgan fingerprint density at radius 2 is 1.40 bits per heavy atom. The van der Waals surface area contributed by atoms with Gasteiger partial charge in [-0.25, -0.2) is 4.39 Å². The molecule has 4 aromatic rings. The minimum atomic E-state index is -0.540. The van der Waals surface area contributed by atoms with E-state index >= 15 is 0 Å². The zero-order valence-electron chi connectivity index (χ0n) is 21.2. The van der Waals surface area contributed by atoms with Crippen LogP contribution in [-0.2, 0) is 16.2 Å². The number of halogens is 2. The summed E-state index contributed by atoms with van der Waals surface area (Å²) in [5, 5.41) is 0.0635. The van der Waals surface area contributed by atoms with Gasteiger partial charge in [-0.3, -0.25) is 19.4 Å². The topological polar surface area (TPSA) is 59.1 Å². The lowest BCUT2D eigenvalue weighted by molar-refractivity contribution is -0.120. The van der Waals surface area contributed by atoms with E-state index in [0.29, 0.717) is 37.6 Å². The number of nitrogens with zero attached hydrogens (tertiary/aromatic N) is 2. The van der Waals surface area contributed by atoms with Crippen molar-refractivity contribution in [2.45, 2.75) is 6.61 Å².